The zero-order valence-corrected chi connectivity index (χ0v) is 8.64. The van der Waals surface area contributed by atoms with Crippen molar-refractivity contribution in [2.45, 2.75) is 26.5 Å². The summed E-state index contributed by atoms with van der Waals surface area (Å²) < 4.78 is 5.55. The third-order valence-electron chi connectivity index (χ3n) is 1.61. The van der Waals surface area contributed by atoms with E-state index in [1.165, 1.54) is 0 Å². The highest BCUT2D eigenvalue weighted by molar-refractivity contribution is 6.30. The van der Waals surface area contributed by atoms with Crippen LogP contribution in [0.25, 0.3) is 0 Å². The molecule has 0 aliphatic heterocycles. The Kier molecular flexibility index (Phi) is 3.58. The molecule has 0 spiro atoms. The lowest BCUT2D eigenvalue weighted by molar-refractivity contribution is 0.240. The maximum Gasteiger partial charge on any atom is 0.124 e. The predicted molar refractivity (Wildman–Crippen MR) is 55.1 cm³/mol. The van der Waals surface area contributed by atoms with Crippen LogP contribution < -0.4 is 10.5 Å². The number of halogens is 1. The van der Waals surface area contributed by atoms with Crippen LogP contribution in [-0.4, -0.2) is 6.10 Å². The van der Waals surface area contributed by atoms with Crippen molar-refractivity contribution >= 4 is 11.6 Å². The average molecular weight is 200 g/mol. The van der Waals surface area contributed by atoms with Gasteiger partial charge in [0, 0.05) is 17.1 Å². The van der Waals surface area contributed by atoms with Crippen LogP contribution in [0.2, 0.25) is 5.02 Å². The van der Waals surface area contributed by atoms with Gasteiger partial charge in [-0.3, -0.25) is 0 Å². The Morgan fingerprint density at radius 3 is 2.69 bits per heavy atom. The molecule has 72 valence electrons. The third-order valence-corrected chi connectivity index (χ3v) is 1.84. The van der Waals surface area contributed by atoms with Crippen molar-refractivity contribution in [1.29, 1.82) is 0 Å². The Hall–Kier alpha value is -0.730. The highest BCUT2D eigenvalue weighted by Crippen LogP contribution is 2.23. The van der Waals surface area contributed by atoms with Gasteiger partial charge in [0.1, 0.15) is 5.75 Å². The minimum absolute atomic E-state index is 0.159. The molecule has 0 radical (unpaired) electrons. The van der Waals surface area contributed by atoms with Gasteiger partial charge >= 0.3 is 0 Å². The van der Waals surface area contributed by atoms with Crippen LogP contribution in [0.5, 0.6) is 5.75 Å². The number of hydrogen-bond acceptors (Lipinski definition) is 2. The number of rotatable bonds is 3. The molecule has 0 aliphatic rings. The molecule has 13 heavy (non-hydrogen) atoms. The number of hydrogen-bond donors (Lipinski definition) is 1. The van der Waals surface area contributed by atoms with Crippen LogP contribution in [0, 0.1) is 0 Å². The SMILES string of the molecule is CC(C)Oc1ccc(Cl)cc1CN. The van der Waals surface area contributed by atoms with E-state index < -0.39 is 0 Å². The Balaban J connectivity index is 2.92. The standard InChI is InChI=1S/C10H14ClNO/c1-7(2)13-10-4-3-9(11)5-8(10)6-12/h3-5,7H,6,12H2,1-2H3. The quantitative estimate of drug-likeness (QED) is 0.812. The number of nitrogens with two attached hydrogens (primary N) is 1. The van der Waals surface area contributed by atoms with E-state index in [1.807, 2.05) is 26.0 Å². The lowest BCUT2D eigenvalue weighted by Crippen LogP contribution is -2.09. The van der Waals surface area contributed by atoms with Gasteiger partial charge in [0.25, 0.3) is 0 Å². The van der Waals surface area contributed by atoms with E-state index in [-0.39, 0.29) is 6.10 Å². The van der Waals surface area contributed by atoms with E-state index >= 15 is 0 Å². The molecule has 0 atom stereocenters. The molecule has 1 rings (SSSR count). The maximum atomic E-state index is 5.82. The van der Waals surface area contributed by atoms with E-state index in [9.17, 15) is 0 Å². The molecule has 0 unspecified atom stereocenters. The Labute approximate surface area is 83.6 Å². The first-order valence-electron chi connectivity index (χ1n) is 4.28. The van der Waals surface area contributed by atoms with Crippen LogP contribution in [0.3, 0.4) is 0 Å². The normalized spacial score (nSPS) is 10.5. The second-order valence-electron chi connectivity index (χ2n) is 3.12. The minimum Gasteiger partial charge on any atom is -0.491 e. The molecule has 0 saturated heterocycles. The fourth-order valence-corrected chi connectivity index (χ4v) is 1.27. The van der Waals surface area contributed by atoms with E-state index in [0.717, 1.165) is 11.3 Å². The molecule has 1 aromatic rings. The molecule has 3 heteroatoms. The van der Waals surface area contributed by atoms with Crippen LogP contribution in [0.1, 0.15) is 19.4 Å². The van der Waals surface area contributed by atoms with Crippen molar-refractivity contribution in [2.75, 3.05) is 0 Å². The largest absolute Gasteiger partial charge is 0.491 e. The Morgan fingerprint density at radius 2 is 2.15 bits per heavy atom. The molecule has 0 aromatic heterocycles. The monoisotopic (exact) mass is 199 g/mol. The van der Waals surface area contributed by atoms with Gasteiger partial charge in [0.05, 0.1) is 6.10 Å². The van der Waals surface area contributed by atoms with Gasteiger partial charge in [-0.1, -0.05) is 11.6 Å². The van der Waals surface area contributed by atoms with Crippen molar-refractivity contribution < 1.29 is 4.74 Å². The summed E-state index contributed by atoms with van der Waals surface area (Å²) in [5.74, 6) is 0.821. The van der Waals surface area contributed by atoms with Gasteiger partial charge in [0.15, 0.2) is 0 Å². The van der Waals surface area contributed by atoms with Gasteiger partial charge in [-0.25, -0.2) is 0 Å². The van der Waals surface area contributed by atoms with Gasteiger partial charge in [0.2, 0.25) is 0 Å². The zero-order valence-electron chi connectivity index (χ0n) is 7.88. The molecule has 0 amide bonds. The first-order chi connectivity index (χ1) is 6.13. The fraction of sp³-hybridized carbons (Fsp3) is 0.400. The summed E-state index contributed by atoms with van der Waals surface area (Å²) in [6.45, 7) is 4.41. The van der Waals surface area contributed by atoms with E-state index in [2.05, 4.69) is 0 Å². The number of ether oxygens (including phenoxy) is 1. The van der Waals surface area contributed by atoms with Crippen LogP contribution in [-0.2, 0) is 6.54 Å². The molecule has 0 aliphatic carbocycles. The van der Waals surface area contributed by atoms with Gasteiger partial charge in [-0.15, -0.1) is 0 Å². The van der Waals surface area contributed by atoms with E-state index in [4.69, 9.17) is 22.1 Å². The summed E-state index contributed by atoms with van der Waals surface area (Å²) in [6, 6.07) is 5.49. The molecular weight excluding hydrogens is 186 g/mol. The zero-order chi connectivity index (χ0) is 9.84. The predicted octanol–water partition coefficient (Wildman–Crippen LogP) is 2.59. The third kappa shape index (κ3) is 2.90. The van der Waals surface area contributed by atoms with Crippen molar-refractivity contribution in [3.05, 3.63) is 28.8 Å². The highest BCUT2D eigenvalue weighted by Gasteiger charge is 2.04. The highest BCUT2D eigenvalue weighted by atomic mass is 35.5. The molecule has 0 heterocycles. The average Bonchev–Trinajstić information content (AvgIpc) is 2.07. The van der Waals surface area contributed by atoms with Gasteiger partial charge in [-0.2, -0.15) is 0 Å². The maximum absolute atomic E-state index is 5.82. The summed E-state index contributed by atoms with van der Waals surface area (Å²) in [5.41, 5.74) is 6.50. The van der Waals surface area contributed by atoms with Crippen molar-refractivity contribution in [3.63, 3.8) is 0 Å². The second kappa shape index (κ2) is 4.49. The van der Waals surface area contributed by atoms with Crippen LogP contribution in [0.15, 0.2) is 18.2 Å². The van der Waals surface area contributed by atoms with Gasteiger partial charge in [-0.05, 0) is 32.0 Å². The van der Waals surface area contributed by atoms with Gasteiger partial charge < -0.3 is 10.5 Å². The minimum atomic E-state index is 0.159. The summed E-state index contributed by atoms with van der Waals surface area (Å²) in [4.78, 5) is 0. The summed E-state index contributed by atoms with van der Waals surface area (Å²) >= 11 is 5.82. The van der Waals surface area contributed by atoms with Crippen molar-refractivity contribution in [3.8, 4) is 5.75 Å². The Bertz CT molecular complexity index is 286. The lowest BCUT2D eigenvalue weighted by Gasteiger charge is -2.13. The molecule has 2 N–H and O–H groups in total. The fourth-order valence-electron chi connectivity index (χ4n) is 1.08. The molecule has 0 saturated carbocycles. The Morgan fingerprint density at radius 1 is 1.46 bits per heavy atom. The smallest absolute Gasteiger partial charge is 0.124 e. The summed E-state index contributed by atoms with van der Waals surface area (Å²) in [5, 5.41) is 0.691. The lowest BCUT2D eigenvalue weighted by atomic mass is 10.2. The first-order valence-corrected chi connectivity index (χ1v) is 4.66. The van der Waals surface area contributed by atoms with Crippen molar-refractivity contribution in [2.24, 2.45) is 5.73 Å². The van der Waals surface area contributed by atoms with E-state index in [1.54, 1.807) is 6.07 Å². The van der Waals surface area contributed by atoms with Crippen LogP contribution in [0.4, 0.5) is 0 Å². The molecule has 0 fully saturated rings. The molecule has 1 aromatic carbocycles. The topological polar surface area (TPSA) is 35.2 Å². The van der Waals surface area contributed by atoms with E-state index in [0.29, 0.717) is 11.6 Å². The number of benzene rings is 1. The summed E-state index contributed by atoms with van der Waals surface area (Å²) in [6.07, 6.45) is 0.159. The molecule has 2 nitrogen and oxygen atoms in total. The van der Waals surface area contributed by atoms with Crippen molar-refractivity contribution in [1.82, 2.24) is 0 Å². The first kappa shape index (κ1) is 10.4. The van der Waals surface area contributed by atoms with Crippen LogP contribution >= 0.6 is 11.6 Å². The second-order valence-corrected chi connectivity index (χ2v) is 3.56. The molecular formula is C10H14ClNO. The molecule has 0 bridgehead atoms. The summed E-state index contributed by atoms with van der Waals surface area (Å²) in [7, 11) is 0.